The molecule has 2 atom stereocenters. The third-order valence-electron chi connectivity index (χ3n) is 6.25. The summed E-state index contributed by atoms with van der Waals surface area (Å²) >= 11 is 0. The van der Waals surface area contributed by atoms with E-state index in [-0.39, 0.29) is 42.8 Å². The quantitative estimate of drug-likeness (QED) is 0.443. The van der Waals surface area contributed by atoms with Crippen LogP contribution < -0.4 is 9.47 Å². The summed E-state index contributed by atoms with van der Waals surface area (Å²) in [6.45, 7) is 3.76. The molecular weight excluding hydrogens is 384 g/mol. The fraction of sp³-hybridized carbons (Fsp3) is 0.348. The van der Waals surface area contributed by atoms with E-state index in [1.807, 2.05) is 54.8 Å². The number of rotatable bonds is 4. The lowest BCUT2D eigenvalue weighted by molar-refractivity contribution is -0.139. The van der Waals surface area contributed by atoms with Crippen molar-refractivity contribution in [1.29, 1.82) is 0 Å². The Morgan fingerprint density at radius 2 is 1.67 bits per heavy atom. The van der Waals surface area contributed by atoms with Gasteiger partial charge in [-0.25, -0.2) is 0 Å². The number of likely N-dealkylation sites (tertiary alicyclic amines) is 1. The van der Waals surface area contributed by atoms with Crippen LogP contribution in [-0.4, -0.2) is 40.4 Å². The molecule has 3 aliphatic rings. The number of aromatic nitrogens is 1. The Hall–Kier alpha value is -3.35. The van der Waals surface area contributed by atoms with E-state index < -0.39 is 0 Å². The van der Waals surface area contributed by atoms with Crippen molar-refractivity contribution in [3.8, 4) is 17.2 Å². The number of carbonyl (C=O) groups excluding carboxylic acids is 3. The number of benzene rings is 1. The molecule has 7 heteroatoms. The molecule has 0 bridgehead atoms. The van der Waals surface area contributed by atoms with Crippen LogP contribution in [0, 0.1) is 25.7 Å². The van der Waals surface area contributed by atoms with Crippen LogP contribution >= 0.6 is 0 Å². The normalized spacial score (nSPS) is 22.0. The molecule has 2 aromatic rings. The van der Waals surface area contributed by atoms with Crippen LogP contribution in [0.1, 0.15) is 34.6 Å². The number of hydrogen-bond donors (Lipinski definition) is 0. The zero-order chi connectivity index (χ0) is 21.0. The van der Waals surface area contributed by atoms with Gasteiger partial charge in [0.25, 0.3) is 0 Å². The Balaban J connectivity index is 1.42. The Bertz CT molecular complexity index is 1090. The number of imide groups is 1. The first-order chi connectivity index (χ1) is 14.5. The van der Waals surface area contributed by atoms with Crippen LogP contribution in [0.15, 0.2) is 36.4 Å². The van der Waals surface area contributed by atoms with E-state index in [1.165, 1.54) is 0 Å². The topological polar surface area (TPSA) is 77.8 Å². The molecule has 1 aliphatic carbocycles. The summed E-state index contributed by atoms with van der Waals surface area (Å²) in [6, 6.07) is 7.44. The number of ketones is 1. The lowest BCUT2D eigenvalue weighted by atomic mass is 9.85. The lowest BCUT2D eigenvalue weighted by Gasteiger charge is -2.14. The minimum absolute atomic E-state index is 0.196. The molecule has 0 radical (unpaired) electrons. The molecule has 0 spiro atoms. The molecular formula is C23H22N2O5. The van der Waals surface area contributed by atoms with E-state index in [0.717, 1.165) is 22.0 Å². The zero-order valence-electron chi connectivity index (χ0n) is 16.9. The third kappa shape index (κ3) is 2.76. The van der Waals surface area contributed by atoms with Crippen molar-refractivity contribution in [2.24, 2.45) is 11.8 Å². The van der Waals surface area contributed by atoms with Gasteiger partial charge in [-0.1, -0.05) is 12.2 Å². The maximum Gasteiger partial charge on any atom is 0.233 e. The van der Waals surface area contributed by atoms with Crippen LogP contribution in [0.5, 0.6) is 11.5 Å². The molecule has 5 rings (SSSR count). The highest BCUT2D eigenvalue weighted by atomic mass is 16.7. The monoisotopic (exact) mass is 406 g/mol. The SMILES string of the molecule is Cc1cc(C(=O)CN2C(=O)C3CC=CCC3C2=O)c(C)n1-c1ccc2c(c1)OCO2. The predicted molar refractivity (Wildman–Crippen MR) is 108 cm³/mol. The standard InChI is InChI=1S/C23H22N2O5/c1-13-9-18(14(2)25(13)15-7-8-20-21(10-15)30-12-29-20)19(26)11-24-22(27)16-5-3-4-6-17(16)23(24)28/h3-4,7-10,16-17H,5-6,11-12H2,1-2H3. The van der Waals surface area contributed by atoms with Gasteiger partial charge in [-0.05, 0) is 44.9 Å². The summed E-state index contributed by atoms with van der Waals surface area (Å²) in [4.78, 5) is 39.6. The molecule has 1 fully saturated rings. The van der Waals surface area contributed by atoms with Crippen molar-refractivity contribution in [2.75, 3.05) is 13.3 Å². The fourth-order valence-corrected chi connectivity index (χ4v) is 4.72. The number of carbonyl (C=O) groups is 3. The van der Waals surface area contributed by atoms with Gasteiger partial charge in [-0.2, -0.15) is 0 Å². The predicted octanol–water partition coefficient (Wildman–Crippen LogP) is 2.96. The number of nitrogens with zero attached hydrogens (tertiary/aromatic N) is 2. The van der Waals surface area contributed by atoms with E-state index in [9.17, 15) is 14.4 Å². The van der Waals surface area contributed by atoms with E-state index in [4.69, 9.17) is 9.47 Å². The zero-order valence-corrected chi connectivity index (χ0v) is 16.9. The Morgan fingerprint density at radius 3 is 2.37 bits per heavy atom. The molecule has 7 nitrogen and oxygen atoms in total. The molecule has 0 N–H and O–H groups in total. The number of ether oxygens (including phenoxy) is 2. The van der Waals surface area contributed by atoms with Gasteiger partial charge >= 0.3 is 0 Å². The van der Waals surface area contributed by atoms with Crippen molar-refractivity contribution >= 4 is 17.6 Å². The molecule has 1 saturated heterocycles. The Morgan fingerprint density at radius 1 is 1.00 bits per heavy atom. The molecule has 1 aromatic heterocycles. The Kier molecular flexibility index (Phi) is 4.27. The molecule has 3 heterocycles. The van der Waals surface area contributed by atoms with Crippen molar-refractivity contribution < 1.29 is 23.9 Å². The second-order valence-corrected chi connectivity index (χ2v) is 8.00. The minimum Gasteiger partial charge on any atom is -0.454 e. The minimum atomic E-state index is -0.323. The number of Topliss-reactive ketones (excluding diaryl/α,β-unsaturated/α-hetero) is 1. The van der Waals surface area contributed by atoms with Gasteiger partial charge in [0.15, 0.2) is 17.3 Å². The van der Waals surface area contributed by atoms with Gasteiger partial charge in [0.2, 0.25) is 18.6 Å². The van der Waals surface area contributed by atoms with Crippen molar-refractivity contribution in [3.63, 3.8) is 0 Å². The summed E-state index contributed by atoms with van der Waals surface area (Å²) < 4.78 is 12.8. The molecule has 2 unspecified atom stereocenters. The highest BCUT2D eigenvalue weighted by molar-refractivity contribution is 6.10. The van der Waals surface area contributed by atoms with Crippen LogP contribution in [0.4, 0.5) is 0 Å². The van der Waals surface area contributed by atoms with E-state index in [1.54, 1.807) is 0 Å². The average molecular weight is 406 g/mol. The van der Waals surface area contributed by atoms with Crippen LogP contribution in [-0.2, 0) is 9.59 Å². The molecule has 0 saturated carbocycles. The second-order valence-electron chi connectivity index (χ2n) is 8.00. The number of fused-ring (bicyclic) bond motifs is 2. The summed E-state index contributed by atoms with van der Waals surface area (Å²) in [5.74, 6) is 0.0209. The fourth-order valence-electron chi connectivity index (χ4n) is 4.72. The summed E-state index contributed by atoms with van der Waals surface area (Å²) in [5, 5.41) is 0. The Labute approximate surface area is 173 Å². The van der Waals surface area contributed by atoms with Gasteiger partial charge < -0.3 is 14.0 Å². The number of amides is 2. The first-order valence-corrected chi connectivity index (χ1v) is 10.1. The van der Waals surface area contributed by atoms with E-state index >= 15 is 0 Å². The van der Waals surface area contributed by atoms with Gasteiger partial charge in [0, 0.05) is 28.7 Å². The van der Waals surface area contributed by atoms with Crippen LogP contribution in [0.2, 0.25) is 0 Å². The van der Waals surface area contributed by atoms with Gasteiger partial charge in [0.1, 0.15) is 0 Å². The molecule has 1 aromatic carbocycles. The lowest BCUT2D eigenvalue weighted by Crippen LogP contribution is -2.36. The van der Waals surface area contributed by atoms with E-state index in [2.05, 4.69) is 0 Å². The molecule has 154 valence electrons. The highest BCUT2D eigenvalue weighted by Crippen LogP contribution is 2.36. The number of aryl methyl sites for hydroxylation is 1. The maximum absolute atomic E-state index is 13.1. The van der Waals surface area contributed by atoms with Crippen molar-refractivity contribution in [1.82, 2.24) is 9.47 Å². The van der Waals surface area contributed by atoms with Crippen molar-refractivity contribution in [2.45, 2.75) is 26.7 Å². The van der Waals surface area contributed by atoms with E-state index in [0.29, 0.717) is 29.9 Å². The molecule has 30 heavy (non-hydrogen) atoms. The first-order valence-electron chi connectivity index (χ1n) is 10.1. The van der Waals surface area contributed by atoms with Gasteiger partial charge in [0.05, 0.1) is 18.4 Å². The second kappa shape index (κ2) is 6.86. The summed E-state index contributed by atoms with van der Waals surface area (Å²) in [5.41, 5.74) is 3.01. The van der Waals surface area contributed by atoms with Crippen LogP contribution in [0.3, 0.4) is 0 Å². The number of allylic oxidation sites excluding steroid dienone is 2. The highest BCUT2D eigenvalue weighted by Gasteiger charge is 2.47. The smallest absolute Gasteiger partial charge is 0.233 e. The van der Waals surface area contributed by atoms with Gasteiger partial charge in [-0.3, -0.25) is 19.3 Å². The molecule has 2 aliphatic heterocycles. The average Bonchev–Trinajstić information content (AvgIpc) is 3.39. The molecule has 2 amide bonds. The van der Waals surface area contributed by atoms with Crippen molar-refractivity contribution in [3.05, 3.63) is 53.4 Å². The largest absolute Gasteiger partial charge is 0.454 e. The third-order valence-corrected chi connectivity index (χ3v) is 6.25. The maximum atomic E-state index is 13.1. The van der Waals surface area contributed by atoms with Gasteiger partial charge in [-0.15, -0.1) is 0 Å². The summed E-state index contributed by atoms with van der Waals surface area (Å²) in [7, 11) is 0. The first kappa shape index (κ1) is 18.7. The number of hydrogen-bond acceptors (Lipinski definition) is 5. The van der Waals surface area contributed by atoms with Crippen LogP contribution in [0.25, 0.3) is 5.69 Å². The summed E-state index contributed by atoms with van der Waals surface area (Å²) in [6.07, 6.45) is 5.02.